The zero-order valence-electron chi connectivity index (χ0n) is 11.4. The van der Waals surface area contributed by atoms with Gasteiger partial charge < -0.3 is 10.4 Å². The molecule has 1 aromatic rings. The van der Waals surface area contributed by atoms with E-state index in [2.05, 4.69) is 10.3 Å². The number of carboxylic acids is 1. The first kappa shape index (κ1) is 15.0. The number of hydrogen-bond acceptors (Lipinski definition) is 4. The van der Waals surface area contributed by atoms with Crippen LogP contribution < -0.4 is 16.6 Å². The summed E-state index contributed by atoms with van der Waals surface area (Å²) in [4.78, 5) is 47.0. The van der Waals surface area contributed by atoms with Crippen molar-refractivity contribution in [2.75, 3.05) is 6.54 Å². The van der Waals surface area contributed by atoms with E-state index < -0.39 is 17.2 Å². The van der Waals surface area contributed by atoms with Crippen LogP contribution in [-0.4, -0.2) is 33.1 Å². The fourth-order valence-electron chi connectivity index (χ4n) is 2.48. The van der Waals surface area contributed by atoms with Crippen molar-refractivity contribution < 1.29 is 14.7 Å². The molecule has 0 aromatic carbocycles. The zero-order valence-corrected chi connectivity index (χ0v) is 11.4. The molecule has 8 nitrogen and oxygen atoms in total. The van der Waals surface area contributed by atoms with Crippen molar-refractivity contribution in [2.24, 2.45) is 5.41 Å². The topological polar surface area (TPSA) is 121 Å². The lowest BCUT2D eigenvalue weighted by molar-refractivity contribution is -0.141. The van der Waals surface area contributed by atoms with Crippen molar-refractivity contribution in [1.29, 1.82) is 0 Å². The van der Waals surface area contributed by atoms with Gasteiger partial charge in [-0.15, -0.1) is 0 Å². The number of H-pyrrole nitrogens is 1. The number of carbonyl (C=O) groups is 2. The number of hydrogen-bond donors (Lipinski definition) is 3. The van der Waals surface area contributed by atoms with E-state index >= 15 is 0 Å². The van der Waals surface area contributed by atoms with Gasteiger partial charge in [-0.3, -0.25) is 23.9 Å². The largest absolute Gasteiger partial charge is 0.481 e. The highest BCUT2D eigenvalue weighted by atomic mass is 16.4. The Bertz CT molecular complexity index is 656. The first-order valence-electron chi connectivity index (χ1n) is 6.69. The van der Waals surface area contributed by atoms with Crippen LogP contribution in [0.3, 0.4) is 0 Å². The number of nitrogens with one attached hydrogen (secondary N) is 2. The fraction of sp³-hybridized carbons (Fsp3) is 0.538. The summed E-state index contributed by atoms with van der Waals surface area (Å²) in [5, 5.41) is 11.6. The molecule has 1 fully saturated rings. The lowest BCUT2D eigenvalue weighted by atomic mass is 9.66. The molecule has 8 heteroatoms. The van der Waals surface area contributed by atoms with Gasteiger partial charge in [0.1, 0.15) is 6.54 Å². The van der Waals surface area contributed by atoms with Crippen LogP contribution in [-0.2, 0) is 16.1 Å². The van der Waals surface area contributed by atoms with Crippen molar-refractivity contribution in [2.45, 2.75) is 32.2 Å². The van der Waals surface area contributed by atoms with E-state index in [9.17, 15) is 19.2 Å². The molecule has 21 heavy (non-hydrogen) atoms. The number of nitrogens with zero attached hydrogens (tertiary/aromatic N) is 1. The van der Waals surface area contributed by atoms with E-state index in [0.717, 1.165) is 29.9 Å². The van der Waals surface area contributed by atoms with E-state index in [1.807, 2.05) is 0 Å². The fourth-order valence-corrected chi connectivity index (χ4v) is 2.48. The second-order valence-corrected chi connectivity index (χ2v) is 5.44. The van der Waals surface area contributed by atoms with Gasteiger partial charge in [0.25, 0.3) is 5.56 Å². The van der Waals surface area contributed by atoms with Crippen molar-refractivity contribution in [3.63, 3.8) is 0 Å². The van der Waals surface area contributed by atoms with E-state index in [1.54, 1.807) is 0 Å². The van der Waals surface area contributed by atoms with Crippen LogP contribution in [0.4, 0.5) is 0 Å². The van der Waals surface area contributed by atoms with Gasteiger partial charge >= 0.3 is 11.7 Å². The second kappa shape index (κ2) is 5.94. The summed E-state index contributed by atoms with van der Waals surface area (Å²) in [7, 11) is 0. The quantitative estimate of drug-likeness (QED) is 0.640. The van der Waals surface area contributed by atoms with Crippen LogP contribution in [0.1, 0.15) is 25.7 Å². The molecule has 0 radical (unpaired) electrons. The number of rotatable bonds is 6. The smallest absolute Gasteiger partial charge is 0.328 e. The van der Waals surface area contributed by atoms with Gasteiger partial charge in [0.15, 0.2) is 0 Å². The molecule has 1 amide bonds. The lowest BCUT2D eigenvalue weighted by Gasteiger charge is -2.40. The van der Waals surface area contributed by atoms with E-state index in [-0.39, 0.29) is 30.8 Å². The van der Waals surface area contributed by atoms with Crippen molar-refractivity contribution in [3.05, 3.63) is 33.1 Å². The summed E-state index contributed by atoms with van der Waals surface area (Å²) in [6.45, 7) is 0.0784. The molecular formula is C13H17N3O5. The first-order valence-corrected chi connectivity index (χ1v) is 6.69. The van der Waals surface area contributed by atoms with Crippen LogP contribution in [0.5, 0.6) is 0 Å². The molecule has 1 aliphatic carbocycles. The predicted molar refractivity (Wildman–Crippen MR) is 72.9 cm³/mol. The molecule has 1 aliphatic rings. The summed E-state index contributed by atoms with van der Waals surface area (Å²) < 4.78 is 1.08. The number of aliphatic carboxylic acids is 1. The van der Waals surface area contributed by atoms with Crippen LogP contribution in [0.15, 0.2) is 21.9 Å². The third-order valence-corrected chi connectivity index (χ3v) is 3.81. The van der Waals surface area contributed by atoms with Crippen LogP contribution in [0.25, 0.3) is 0 Å². The Labute approximate surface area is 119 Å². The monoisotopic (exact) mass is 295 g/mol. The maximum absolute atomic E-state index is 11.8. The Morgan fingerprint density at radius 3 is 2.62 bits per heavy atom. The zero-order chi connectivity index (χ0) is 15.5. The van der Waals surface area contributed by atoms with Crippen LogP contribution in [0, 0.1) is 5.41 Å². The summed E-state index contributed by atoms with van der Waals surface area (Å²) in [6.07, 6.45) is 3.79. The van der Waals surface area contributed by atoms with Crippen molar-refractivity contribution >= 4 is 11.9 Å². The Morgan fingerprint density at radius 1 is 1.38 bits per heavy atom. The maximum Gasteiger partial charge on any atom is 0.328 e. The molecule has 1 saturated carbocycles. The second-order valence-electron chi connectivity index (χ2n) is 5.44. The minimum Gasteiger partial charge on any atom is -0.481 e. The number of carboxylic acid groups (broad SMARTS) is 1. The van der Waals surface area contributed by atoms with E-state index in [1.165, 1.54) is 6.20 Å². The summed E-state index contributed by atoms with van der Waals surface area (Å²) in [6, 6.07) is 1.16. The van der Waals surface area contributed by atoms with Gasteiger partial charge in [-0.05, 0) is 18.3 Å². The number of amides is 1. The average Bonchev–Trinajstić information content (AvgIpc) is 2.35. The molecule has 0 atom stereocenters. The average molecular weight is 295 g/mol. The van der Waals surface area contributed by atoms with Gasteiger partial charge in [-0.25, -0.2) is 4.79 Å². The molecule has 114 valence electrons. The van der Waals surface area contributed by atoms with Gasteiger partial charge in [0.05, 0.1) is 6.42 Å². The minimum absolute atomic E-state index is 0.0336. The highest BCUT2D eigenvalue weighted by Crippen LogP contribution is 2.43. The molecule has 0 bridgehead atoms. The molecule has 0 unspecified atom stereocenters. The normalized spacial score (nSPS) is 16.0. The predicted octanol–water partition coefficient (Wildman–Crippen LogP) is -0.702. The standard InChI is InChI=1S/C13H17N3O5/c17-9-2-5-16(12(21)15-9)7-10(18)14-8-13(3-1-4-13)6-11(19)20/h2,5H,1,3-4,6-8H2,(H,14,18)(H,19,20)(H,15,17,21). The molecule has 0 spiro atoms. The maximum atomic E-state index is 11.8. The lowest BCUT2D eigenvalue weighted by Crippen LogP contribution is -2.45. The summed E-state index contributed by atoms with van der Waals surface area (Å²) >= 11 is 0. The van der Waals surface area contributed by atoms with E-state index in [0.29, 0.717) is 0 Å². The Hall–Kier alpha value is -2.38. The van der Waals surface area contributed by atoms with Gasteiger partial charge in [0.2, 0.25) is 5.91 Å². The van der Waals surface area contributed by atoms with Gasteiger partial charge in [-0.1, -0.05) is 6.42 Å². The highest BCUT2D eigenvalue weighted by Gasteiger charge is 2.39. The first-order chi connectivity index (χ1) is 9.90. The minimum atomic E-state index is -0.874. The molecule has 0 aliphatic heterocycles. The van der Waals surface area contributed by atoms with Gasteiger partial charge in [-0.2, -0.15) is 0 Å². The van der Waals surface area contributed by atoms with Crippen molar-refractivity contribution in [3.8, 4) is 0 Å². The van der Waals surface area contributed by atoms with Crippen molar-refractivity contribution in [1.82, 2.24) is 14.9 Å². The third kappa shape index (κ3) is 3.80. The number of aromatic nitrogens is 2. The third-order valence-electron chi connectivity index (χ3n) is 3.81. The number of carbonyl (C=O) groups excluding carboxylic acids is 1. The van der Waals surface area contributed by atoms with Crippen LogP contribution in [0.2, 0.25) is 0 Å². The summed E-state index contributed by atoms with van der Waals surface area (Å²) in [5.74, 6) is -1.26. The Balaban J connectivity index is 1.91. The van der Waals surface area contributed by atoms with Crippen LogP contribution >= 0.6 is 0 Å². The Kier molecular flexibility index (Phi) is 4.25. The molecule has 1 heterocycles. The summed E-state index contributed by atoms with van der Waals surface area (Å²) in [5.41, 5.74) is -1.54. The highest BCUT2D eigenvalue weighted by molar-refractivity contribution is 5.76. The molecule has 3 N–H and O–H groups in total. The molecular weight excluding hydrogens is 278 g/mol. The molecule has 2 rings (SSSR count). The Morgan fingerprint density at radius 2 is 2.10 bits per heavy atom. The molecule has 0 saturated heterocycles. The van der Waals surface area contributed by atoms with Gasteiger partial charge in [0, 0.05) is 18.8 Å². The van der Waals surface area contributed by atoms with E-state index in [4.69, 9.17) is 5.11 Å². The number of aromatic amines is 1. The molecule has 1 aromatic heterocycles. The SMILES string of the molecule is O=C(O)CC1(CNC(=O)Cn2ccc(=O)[nH]c2=O)CCC1.